The highest BCUT2D eigenvalue weighted by atomic mass is 32.2. The Morgan fingerprint density at radius 1 is 1.00 bits per heavy atom. The molecule has 1 fully saturated rings. The van der Waals surface area contributed by atoms with E-state index in [2.05, 4.69) is 10.0 Å². The predicted octanol–water partition coefficient (Wildman–Crippen LogP) is 0.605. The van der Waals surface area contributed by atoms with Gasteiger partial charge in [0.2, 0.25) is 20.0 Å². The van der Waals surface area contributed by atoms with Gasteiger partial charge in [0.1, 0.15) is 0 Å². The second-order valence-electron chi connectivity index (χ2n) is 5.92. The van der Waals surface area contributed by atoms with Crippen LogP contribution in [0, 0.1) is 5.92 Å². The Bertz CT molecular complexity index is 737. The molecule has 0 bridgehead atoms. The minimum absolute atomic E-state index is 0.0507. The number of piperidine rings is 1. The van der Waals surface area contributed by atoms with Gasteiger partial charge in [-0.05, 0) is 70.1 Å². The molecule has 0 aliphatic carbocycles. The topological polar surface area (TPSA) is 95.6 Å². The SMILES string of the molecule is CNCCC1CCN(S(=O)(=O)c2ccc(S(=O)(=O)NC)cc2)CC1. The number of hydrogen-bond donors (Lipinski definition) is 2. The van der Waals surface area contributed by atoms with Crippen LogP contribution in [-0.4, -0.2) is 54.9 Å². The zero-order chi connectivity index (χ0) is 17.8. The van der Waals surface area contributed by atoms with E-state index in [1.807, 2.05) is 7.05 Å². The molecule has 0 atom stereocenters. The van der Waals surface area contributed by atoms with E-state index in [-0.39, 0.29) is 9.79 Å². The van der Waals surface area contributed by atoms with E-state index < -0.39 is 20.0 Å². The molecule has 0 radical (unpaired) electrons. The van der Waals surface area contributed by atoms with Crippen LogP contribution < -0.4 is 10.0 Å². The molecule has 1 aromatic carbocycles. The molecule has 0 unspecified atom stereocenters. The van der Waals surface area contributed by atoms with Gasteiger partial charge < -0.3 is 5.32 Å². The fourth-order valence-electron chi connectivity index (χ4n) is 2.84. The maximum atomic E-state index is 12.7. The standard InChI is InChI=1S/C15H25N3O4S2/c1-16-10-7-13-8-11-18(12-9-13)24(21,22)15-5-3-14(4-6-15)23(19,20)17-2/h3-6,13,16-17H,7-12H2,1-2H3. The molecule has 1 heterocycles. The molecule has 0 amide bonds. The van der Waals surface area contributed by atoms with E-state index in [0.29, 0.717) is 19.0 Å². The van der Waals surface area contributed by atoms with Gasteiger partial charge in [0, 0.05) is 13.1 Å². The molecule has 0 aromatic heterocycles. The van der Waals surface area contributed by atoms with E-state index >= 15 is 0 Å². The van der Waals surface area contributed by atoms with Gasteiger partial charge in [0.05, 0.1) is 9.79 Å². The third-order valence-electron chi connectivity index (χ3n) is 4.42. The van der Waals surface area contributed by atoms with Crippen molar-refractivity contribution in [2.45, 2.75) is 29.1 Å². The first-order valence-corrected chi connectivity index (χ1v) is 10.9. The van der Waals surface area contributed by atoms with Crippen molar-refractivity contribution in [2.24, 2.45) is 5.92 Å². The molecule has 1 saturated heterocycles. The normalized spacial score (nSPS) is 17.9. The Hall–Kier alpha value is -1.00. The summed E-state index contributed by atoms with van der Waals surface area (Å²) in [5, 5.41) is 3.12. The van der Waals surface area contributed by atoms with E-state index in [4.69, 9.17) is 0 Å². The molecule has 1 aromatic rings. The van der Waals surface area contributed by atoms with Crippen molar-refractivity contribution >= 4 is 20.0 Å². The second kappa shape index (κ2) is 7.92. The summed E-state index contributed by atoms with van der Waals surface area (Å²) in [7, 11) is -3.91. The molecule has 2 rings (SSSR count). The van der Waals surface area contributed by atoms with E-state index in [1.54, 1.807) is 0 Å². The van der Waals surface area contributed by atoms with Crippen LogP contribution in [0.15, 0.2) is 34.1 Å². The molecule has 0 saturated carbocycles. The summed E-state index contributed by atoms with van der Waals surface area (Å²) in [6.07, 6.45) is 2.77. The smallest absolute Gasteiger partial charge is 0.243 e. The molecule has 0 spiro atoms. The van der Waals surface area contributed by atoms with Gasteiger partial charge in [-0.15, -0.1) is 0 Å². The lowest BCUT2D eigenvalue weighted by Gasteiger charge is -2.31. The minimum atomic E-state index is -3.57. The maximum Gasteiger partial charge on any atom is 0.243 e. The summed E-state index contributed by atoms with van der Waals surface area (Å²) in [6.45, 7) is 1.96. The number of benzene rings is 1. The molecule has 24 heavy (non-hydrogen) atoms. The van der Waals surface area contributed by atoms with Crippen LogP contribution in [0.1, 0.15) is 19.3 Å². The Morgan fingerprint density at radius 2 is 1.54 bits per heavy atom. The van der Waals surface area contributed by atoms with Gasteiger partial charge >= 0.3 is 0 Å². The van der Waals surface area contributed by atoms with Crippen LogP contribution in [0.2, 0.25) is 0 Å². The lowest BCUT2D eigenvalue weighted by atomic mass is 9.95. The van der Waals surface area contributed by atoms with Gasteiger partial charge in [-0.2, -0.15) is 4.31 Å². The first-order chi connectivity index (χ1) is 11.3. The lowest BCUT2D eigenvalue weighted by Crippen LogP contribution is -2.38. The quantitative estimate of drug-likeness (QED) is 0.728. The van der Waals surface area contributed by atoms with Crippen molar-refractivity contribution in [1.82, 2.24) is 14.3 Å². The van der Waals surface area contributed by atoms with Gasteiger partial charge in [-0.25, -0.2) is 21.6 Å². The van der Waals surface area contributed by atoms with Crippen molar-refractivity contribution in [1.29, 1.82) is 0 Å². The summed E-state index contributed by atoms with van der Waals surface area (Å²) in [5.74, 6) is 0.548. The molecule has 1 aliphatic heterocycles. The zero-order valence-electron chi connectivity index (χ0n) is 14.0. The zero-order valence-corrected chi connectivity index (χ0v) is 15.7. The average molecular weight is 376 g/mol. The fourth-order valence-corrected chi connectivity index (χ4v) is 5.04. The monoisotopic (exact) mass is 375 g/mol. The van der Waals surface area contributed by atoms with Crippen molar-refractivity contribution in [3.8, 4) is 0 Å². The Balaban J connectivity index is 2.09. The van der Waals surface area contributed by atoms with Crippen LogP contribution in [0.5, 0.6) is 0 Å². The van der Waals surface area contributed by atoms with Gasteiger partial charge in [-0.3, -0.25) is 0 Å². The van der Waals surface area contributed by atoms with Gasteiger partial charge in [-0.1, -0.05) is 0 Å². The lowest BCUT2D eigenvalue weighted by molar-refractivity contribution is 0.263. The summed E-state index contributed by atoms with van der Waals surface area (Å²) >= 11 is 0. The maximum absolute atomic E-state index is 12.7. The number of sulfonamides is 2. The van der Waals surface area contributed by atoms with Crippen molar-refractivity contribution in [3.05, 3.63) is 24.3 Å². The average Bonchev–Trinajstić information content (AvgIpc) is 2.60. The number of hydrogen-bond acceptors (Lipinski definition) is 5. The second-order valence-corrected chi connectivity index (χ2v) is 9.74. The van der Waals surface area contributed by atoms with Gasteiger partial charge in [0.25, 0.3) is 0 Å². The first-order valence-electron chi connectivity index (χ1n) is 7.99. The molecule has 9 heteroatoms. The summed E-state index contributed by atoms with van der Waals surface area (Å²) < 4.78 is 52.5. The number of nitrogens with zero attached hydrogens (tertiary/aromatic N) is 1. The third-order valence-corrected chi connectivity index (χ3v) is 7.76. The summed E-state index contributed by atoms with van der Waals surface area (Å²) in [4.78, 5) is 0.181. The molecular weight excluding hydrogens is 350 g/mol. The molecular formula is C15H25N3O4S2. The Kier molecular flexibility index (Phi) is 6.38. The van der Waals surface area contributed by atoms with E-state index in [1.165, 1.54) is 35.6 Å². The van der Waals surface area contributed by atoms with Crippen LogP contribution in [0.3, 0.4) is 0 Å². The first kappa shape index (κ1) is 19.3. The number of rotatable bonds is 7. The highest BCUT2D eigenvalue weighted by Crippen LogP contribution is 2.26. The summed E-state index contributed by atoms with van der Waals surface area (Å²) in [6, 6.07) is 5.34. The molecule has 1 aliphatic rings. The highest BCUT2D eigenvalue weighted by Gasteiger charge is 2.29. The molecule has 136 valence electrons. The Morgan fingerprint density at radius 3 is 2.04 bits per heavy atom. The van der Waals surface area contributed by atoms with E-state index in [0.717, 1.165) is 25.8 Å². The van der Waals surface area contributed by atoms with E-state index in [9.17, 15) is 16.8 Å². The van der Waals surface area contributed by atoms with Crippen molar-refractivity contribution < 1.29 is 16.8 Å². The van der Waals surface area contributed by atoms with Crippen LogP contribution >= 0.6 is 0 Å². The highest BCUT2D eigenvalue weighted by molar-refractivity contribution is 7.89. The number of nitrogens with one attached hydrogen (secondary N) is 2. The largest absolute Gasteiger partial charge is 0.320 e. The molecule has 7 nitrogen and oxygen atoms in total. The van der Waals surface area contributed by atoms with Crippen molar-refractivity contribution in [2.75, 3.05) is 33.7 Å². The fraction of sp³-hybridized carbons (Fsp3) is 0.600. The predicted molar refractivity (Wildman–Crippen MR) is 92.7 cm³/mol. The Labute approximate surface area is 144 Å². The van der Waals surface area contributed by atoms with Crippen LogP contribution in [0.4, 0.5) is 0 Å². The van der Waals surface area contributed by atoms with Crippen LogP contribution in [-0.2, 0) is 20.0 Å². The van der Waals surface area contributed by atoms with Crippen molar-refractivity contribution in [3.63, 3.8) is 0 Å². The summed E-state index contributed by atoms with van der Waals surface area (Å²) in [5.41, 5.74) is 0. The minimum Gasteiger partial charge on any atom is -0.320 e. The third kappa shape index (κ3) is 4.34. The van der Waals surface area contributed by atoms with Gasteiger partial charge in [0.15, 0.2) is 0 Å². The molecule has 2 N–H and O–H groups in total. The van der Waals surface area contributed by atoms with Crippen LogP contribution in [0.25, 0.3) is 0 Å².